The lowest BCUT2D eigenvalue weighted by Gasteiger charge is -2.05. The Bertz CT molecular complexity index is 551. The third-order valence-electron chi connectivity index (χ3n) is 2.72. The molecule has 19 heavy (non-hydrogen) atoms. The maximum absolute atomic E-state index is 13.1. The molecule has 102 valence electrons. The standard InChI is InChI=1S/C14H17ClFN3/c1-10(2)17-8-12-5-6-19(18-12)9-11-3-4-14(16)13(15)7-11/h3-7,10,17H,8-9H2,1-2H3. The molecule has 0 spiro atoms. The molecule has 3 nitrogen and oxygen atoms in total. The molecule has 0 saturated carbocycles. The fraction of sp³-hybridized carbons (Fsp3) is 0.357. The summed E-state index contributed by atoms with van der Waals surface area (Å²) in [5, 5.41) is 7.90. The molecule has 0 aliphatic carbocycles. The number of halogens is 2. The van der Waals surface area contributed by atoms with E-state index >= 15 is 0 Å². The first kappa shape index (κ1) is 14.0. The lowest BCUT2D eigenvalue weighted by molar-refractivity contribution is 0.570. The molecule has 0 amide bonds. The molecule has 1 aromatic carbocycles. The zero-order valence-electron chi connectivity index (χ0n) is 11.0. The van der Waals surface area contributed by atoms with Gasteiger partial charge in [-0.3, -0.25) is 4.68 Å². The Hall–Kier alpha value is -1.39. The van der Waals surface area contributed by atoms with Crippen LogP contribution in [-0.4, -0.2) is 15.8 Å². The van der Waals surface area contributed by atoms with Crippen LogP contribution >= 0.6 is 11.6 Å². The zero-order valence-corrected chi connectivity index (χ0v) is 11.8. The second kappa shape index (κ2) is 6.17. The Morgan fingerprint density at radius 2 is 2.16 bits per heavy atom. The predicted octanol–water partition coefficient (Wildman–Crippen LogP) is 3.22. The summed E-state index contributed by atoms with van der Waals surface area (Å²) < 4.78 is 14.9. The number of hydrogen-bond donors (Lipinski definition) is 1. The van der Waals surface area contributed by atoms with E-state index in [-0.39, 0.29) is 5.02 Å². The van der Waals surface area contributed by atoms with Gasteiger partial charge in [0.1, 0.15) is 5.82 Å². The smallest absolute Gasteiger partial charge is 0.141 e. The first-order chi connectivity index (χ1) is 9.04. The van der Waals surface area contributed by atoms with Gasteiger partial charge in [-0.1, -0.05) is 31.5 Å². The Morgan fingerprint density at radius 3 is 2.84 bits per heavy atom. The summed E-state index contributed by atoms with van der Waals surface area (Å²) in [5.41, 5.74) is 1.92. The minimum Gasteiger partial charge on any atom is -0.309 e. The van der Waals surface area contributed by atoms with Crippen LogP contribution in [0.5, 0.6) is 0 Å². The number of benzene rings is 1. The van der Waals surface area contributed by atoms with Crippen molar-refractivity contribution in [3.8, 4) is 0 Å². The molecule has 0 fully saturated rings. The van der Waals surface area contributed by atoms with Crippen LogP contribution in [0.1, 0.15) is 25.1 Å². The van der Waals surface area contributed by atoms with Gasteiger partial charge in [-0.2, -0.15) is 5.10 Å². The van der Waals surface area contributed by atoms with Crippen LogP contribution in [0, 0.1) is 5.82 Å². The Labute approximate surface area is 117 Å². The highest BCUT2D eigenvalue weighted by Gasteiger charge is 2.04. The highest BCUT2D eigenvalue weighted by Crippen LogP contribution is 2.16. The van der Waals surface area contributed by atoms with Gasteiger partial charge in [-0.05, 0) is 23.8 Å². The van der Waals surface area contributed by atoms with E-state index in [4.69, 9.17) is 11.6 Å². The lowest BCUT2D eigenvalue weighted by Crippen LogP contribution is -2.22. The van der Waals surface area contributed by atoms with Crippen molar-refractivity contribution in [2.75, 3.05) is 0 Å². The summed E-state index contributed by atoms with van der Waals surface area (Å²) >= 11 is 5.76. The predicted molar refractivity (Wildman–Crippen MR) is 74.7 cm³/mol. The maximum Gasteiger partial charge on any atom is 0.141 e. The third kappa shape index (κ3) is 4.04. The van der Waals surface area contributed by atoms with Gasteiger partial charge in [-0.25, -0.2) is 4.39 Å². The molecule has 5 heteroatoms. The molecule has 0 unspecified atom stereocenters. The summed E-state index contributed by atoms with van der Waals surface area (Å²) in [4.78, 5) is 0. The second-order valence-corrected chi connectivity index (χ2v) is 5.20. The fourth-order valence-electron chi connectivity index (χ4n) is 1.72. The lowest BCUT2D eigenvalue weighted by atomic mass is 10.2. The van der Waals surface area contributed by atoms with Gasteiger partial charge in [0.25, 0.3) is 0 Å². The van der Waals surface area contributed by atoms with E-state index in [1.165, 1.54) is 6.07 Å². The van der Waals surface area contributed by atoms with Gasteiger partial charge in [0, 0.05) is 18.8 Å². The Morgan fingerprint density at radius 1 is 1.37 bits per heavy atom. The van der Waals surface area contributed by atoms with E-state index in [0.717, 1.165) is 17.8 Å². The molecule has 1 aromatic heterocycles. The summed E-state index contributed by atoms with van der Waals surface area (Å²) in [6.07, 6.45) is 1.91. The average molecular weight is 282 g/mol. The van der Waals surface area contributed by atoms with E-state index in [1.807, 2.05) is 16.9 Å². The van der Waals surface area contributed by atoms with E-state index in [2.05, 4.69) is 24.3 Å². The van der Waals surface area contributed by atoms with Crippen LogP contribution in [0.2, 0.25) is 5.02 Å². The van der Waals surface area contributed by atoms with Crippen LogP contribution in [0.15, 0.2) is 30.5 Å². The topological polar surface area (TPSA) is 29.9 Å². The number of nitrogens with zero attached hydrogens (tertiary/aromatic N) is 2. The largest absolute Gasteiger partial charge is 0.309 e. The van der Waals surface area contributed by atoms with Crippen molar-refractivity contribution in [1.29, 1.82) is 0 Å². The second-order valence-electron chi connectivity index (χ2n) is 4.79. The van der Waals surface area contributed by atoms with Gasteiger partial charge < -0.3 is 5.32 Å². The van der Waals surface area contributed by atoms with Crippen LogP contribution in [-0.2, 0) is 13.1 Å². The van der Waals surface area contributed by atoms with Gasteiger partial charge in [-0.15, -0.1) is 0 Å². The van der Waals surface area contributed by atoms with Gasteiger partial charge in [0.2, 0.25) is 0 Å². The highest BCUT2D eigenvalue weighted by molar-refractivity contribution is 6.30. The van der Waals surface area contributed by atoms with Crippen molar-refractivity contribution in [1.82, 2.24) is 15.1 Å². The van der Waals surface area contributed by atoms with E-state index in [9.17, 15) is 4.39 Å². The molecule has 2 aromatic rings. The van der Waals surface area contributed by atoms with Crippen LogP contribution in [0.25, 0.3) is 0 Å². The average Bonchev–Trinajstić information content (AvgIpc) is 2.79. The van der Waals surface area contributed by atoms with Gasteiger partial charge >= 0.3 is 0 Å². The minimum absolute atomic E-state index is 0.145. The van der Waals surface area contributed by atoms with E-state index < -0.39 is 5.82 Å². The van der Waals surface area contributed by atoms with Crippen molar-refractivity contribution in [3.63, 3.8) is 0 Å². The van der Waals surface area contributed by atoms with Gasteiger partial charge in [0.15, 0.2) is 0 Å². The first-order valence-electron chi connectivity index (χ1n) is 6.24. The summed E-state index contributed by atoms with van der Waals surface area (Å²) in [6, 6.07) is 7.13. The number of hydrogen-bond acceptors (Lipinski definition) is 2. The third-order valence-corrected chi connectivity index (χ3v) is 3.01. The van der Waals surface area contributed by atoms with E-state index in [0.29, 0.717) is 12.6 Å². The minimum atomic E-state index is -0.396. The van der Waals surface area contributed by atoms with Crippen molar-refractivity contribution in [2.24, 2.45) is 0 Å². The molecule has 0 radical (unpaired) electrons. The molecule has 0 saturated heterocycles. The van der Waals surface area contributed by atoms with Crippen molar-refractivity contribution in [2.45, 2.75) is 33.0 Å². The normalized spacial score (nSPS) is 11.2. The Balaban J connectivity index is 2.01. The number of aromatic nitrogens is 2. The molecule has 0 bridgehead atoms. The van der Waals surface area contributed by atoms with Crippen molar-refractivity contribution < 1.29 is 4.39 Å². The van der Waals surface area contributed by atoms with Crippen LogP contribution < -0.4 is 5.32 Å². The zero-order chi connectivity index (χ0) is 13.8. The highest BCUT2D eigenvalue weighted by atomic mass is 35.5. The van der Waals surface area contributed by atoms with Gasteiger partial charge in [0.05, 0.1) is 17.3 Å². The summed E-state index contributed by atoms with van der Waals surface area (Å²) in [5.74, 6) is -0.396. The monoisotopic (exact) mass is 281 g/mol. The number of rotatable bonds is 5. The first-order valence-corrected chi connectivity index (χ1v) is 6.62. The Kier molecular flexibility index (Phi) is 4.56. The molecule has 0 aliphatic heterocycles. The van der Waals surface area contributed by atoms with E-state index in [1.54, 1.807) is 12.1 Å². The molecule has 2 rings (SSSR count). The maximum atomic E-state index is 13.1. The quantitative estimate of drug-likeness (QED) is 0.912. The molecular formula is C14H17ClFN3. The van der Waals surface area contributed by atoms with Crippen LogP contribution in [0.3, 0.4) is 0 Å². The molecular weight excluding hydrogens is 265 g/mol. The summed E-state index contributed by atoms with van der Waals surface area (Å²) in [7, 11) is 0. The van der Waals surface area contributed by atoms with Crippen LogP contribution in [0.4, 0.5) is 4.39 Å². The summed E-state index contributed by atoms with van der Waals surface area (Å²) in [6.45, 7) is 5.52. The SMILES string of the molecule is CC(C)NCc1ccn(Cc2ccc(F)c(Cl)c2)n1. The number of nitrogens with one attached hydrogen (secondary N) is 1. The van der Waals surface area contributed by atoms with Crippen molar-refractivity contribution >= 4 is 11.6 Å². The molecule has 0 atom stereocenters. The fourth-order valence-corrected chi connectivity index (χ4v) is 1.92. The molecule has 1 heterocycles. The van der Waals surface area contributed by atoms with Crippen molar-refractivity contribution in [3.05, 3.63) is 52.6 Å². The molecule has 1 N–H and O–H groups in total. The molecule has 0 aliphatic rings.